The SMILES string of the molecule is Clc1cccc([B]c2cccc(Cl)c2Cl)c1Cl. The van der Waals surface area contributed by atoms with Gasteiger partial charge in [-0.2, -0.15) is 0 Å². The summed E-state index contributed by atoms with van der Waals surface area (Å²) >= 11 is 24.1. The summed E-state index contributed by atoms with van der Waals surface area (Å²) in [7, 11) is 1.85. The molecule has 0 heterocycles. The summed E-state index contributed by atoms with van der Waals surface area (Å²) in [4.78, 5) is 0. The molecule has 0 N–H and O–H groups in total. The number of hydrogen-bond acceptors (Lipinski definition) is 0. The van der Waals surface area contributed by atoms with E-state index in [9.17, 15) is 0 Å². The Balaban J connectivity index is 2.38. The summed E-state index contributed by atoms with van der Waals surface area (Å²) in [6.07, 6.45) is 0. The third-order valence-electron chi connectivity index (χ3n) is 2.27. The van der Waals surface area contributed by atoms with Crippen molar-refractivity contribution in [1.29, 1.82) is 0 Å². The van der Waals surface area contributed by atoms with Gasteiger partial charge in [0.05, 0.1) is 20.1 Å². The van der Waals surface area contributed by atoms with E-state index in [1.54, 1.807) is 12.1 Å². The third-order valence-corrected chi connectivity index (χ3v) is 3.94. The highest BCUT2D eigenvalue weighted by molar-refractivity contribution is 6.73. The molecule has 1 radical (unpaired) electrons. The molecule has 0 saturated carbocycles. The minimum Gasteiger partial charge on any atom is -0.0833 e. The monoisotopic (exact) mass is 301 g/mol. The number of hydrogen-bond donors (Lipinski definition) is 0. The average Bonchev–Trinajstić information content (AvgIpc) is 2.31. The first kappa shape index (κ1) is 13.1. The molecule has 17 heavy (non-hydrogen) atoms. The first-order valence-corrected chi connectivity index (χ1v) is 6.33. The Hall–Kier alpha value is -0.335. The van der Waals surface area contributed by atoms with E-state index >= 15 is 0 Å². The fourth-order valence-electron chi connectivity index (χ4n) is 1.43. The molecular weight excluding hydrogens is 297 g/mol. The van der Waals surface area contributed by atoms with E-state index in [0.29, 0.717) is 20.1 Å². The Morgan fingerprint density at radius 1 is 0.647 bits per heavy atom. The van der Waals surface area contributed by atoms with E-state index < -0.39 is 0 Å². The van der Waals surface area contributed by atoms with Crippen LogP contribution in [0.15, 0.2) is 36.4 Å². The van der Waals surface area contributed by atoms with Crippen LogP contribution in [0, 0.1) is 0 Å². The molecule has 2 aromatic carbocycles. The molecule has 0 aliphatic heterocycles. The molecule has 0 atom stereocenters. The Kier molecular flexibility index (Phi) is 4.27. The van der Waals surface area contributed by atoms with Crippen LogP contribution in [0.1, 0.15) is 0 Å². The highest BCUT2D eigenvalue weighted by Crippen LogP contribution is 2.20. The minimum atomic E-state index is 0.505. The molecule has 0 saturated heterocycles. The van der Waals surface area contributed by atoms with Gasteiger partial charge in [-0.25, -0.2) is 0 Å². The standard InChI is InChI=1S/C12H6BCl4/c14-9-5-1-3-7(11(9)16)13-8-4-2-6-10(15)12(8)17/h1-6H. The zero-order valence-corrected chi connectivity index (χ0v) is 11.6. The van der Waals surface area contributed by atoms with Crippen molar-refractivity contribution >= 4 is 64.6 Å². The van der Waals surface area contributed by atoms with Crippen molar-refractivity contribution in [2.45, 2.75) is 0 Å². The van der Waals surface area contributed by atoms with Crippen molar-refractivity contribution in [3.8, 4) is 0 Å². The summed E-state index contributed by atoms with van der Waals surface area (Å²) < 4.78 is 0. The molecule has 85 valence electrons. The van der Waals surface area contributed by atoms with Crippen LogP contribution < -0.4 is 10.9 Å². The lowest BCUT2D eigenvalue weighted by Crippen LogP contribution is -2.28. The Bertz CT molecular complexity index is 505. The molecule has 2 rings (SSSR count). The van der Waals surface area contributed by atoms with Gasteiger partial charge in [0.15, 0.2) is 7.28 Å². The zero-order valence-electron chi connectivity index (χ0n) is 8.55. The molecule has 0 aliphatic carbocycles. The molecule has 0 bridgehead atoms. The van der Waals surface area contributed by atoms with Crippen LogP contribution in [0.3, 0.4) is 0 Å². The van der Waals surface area contributed by atoms with Gasteiger partial charge in [-0.05, 0) is 12.1 Å². The molecule has 0 aromatic heterocycles. The van der Waals surface area contributed by atoms with E-state index in [2.05, 4.69) is 0 Å². The van der Waals surface area contributed by atoms with Gasteiger partial charge < -0.3 is 0 Å². The van der Waals surface area contributed by atoms with Gasteiger partial charge in [-0.3, -0.25) is 0 Å². The average molecular weight is 303 g/mol. The van der Waals surface area contributed by atoms with Gasteiger partial charge in [0, 0.05) is 0 Å². The van der Waals surface area contributed by atoms with E-state index in [0.717, 1.165) is 10.9 Å². The Morgan fingerprint density at radius 2 is 1.06 bits per heavy atom. The fraction of sp³-hybridized carbons (Fsp3) is 0. The molecule has 0 unspecified atom stereocenters. The Morgan fingerprint density at radius 3 is 1.47 bits per heavy atom. The quantitative estimate of drug-likeness (QED) is 0.737. The maximum Gasteiger partial charge on any atom is 0.195 e. The first-order valence-electron chi connectivity index (χ1n) is 4.82. The van der Waals surface area contributed by atoms with Crippen molar-refractivity contribution in [3.05, 3.63) is 56.5 Å². The zero-order chi connectivity index (χ0) is 12.4. The van der Waals surface area contributed by atoms with Gasteiger partial charge in [-0.1, -0.05) is 81.6 Å². The predicted octanol–water partition coefficient (Wildman–Crippen LogP) is 3.96. The van der Waals surface area contributed by atoms with Gasteiger partial charge in [-0.15, -0.1) is 0 Å². The maximum atomic E-state index is 6.10. The second-order valence-corrected chi connectivity index (χ2v) is 5.00. The molecule has 2 aromatic rings. The van der Waals surface area contributed by atoms with Crippen LogP contribution >= 0.6 is 46.4 Å². The third kappa shape index (κ3) is 2.92. The van der Waals surface area contributed by atoms with Crippen molar-refractivity contribution in [2.24, 2.45) is 0 Å². The minimum absolute atomic E-state index is 0.505. The number of benzene rings is 2. The molecule has 0 aliphatic rings. The van der Waals surface area contributed by atoms with Crippen molar-refractivity contribution in [2.75, 3.05) is 0 Å². The van der Waals surface area contributed by atoms with Crippen LogP contribution in [0.5, 0.6) is 0 Å². The highest BCUT2D eigenvalue weighted by atomic mass is 35.5. The topological polar surface area (TPSA) is 0 Å². The van der Waals surface area contributed by atoms with Crippen molar-refractivity contribution in [1.82, 2.24) is 0 Å². The molecule has 5 heteroatoms. The van der Waals surface area contributed by atoms with Crippen LogP contribution in [0.4, 0.5) is 0 Å². The molecule has 0 amide bonds. The normalized spacial score (nSPS) is 10.4. The van der Waals surface area contributed by atoms with Gasteiger partial charge in [0.2, 0.25) is 0 Å². The lowest BCUT2D eigenvalue weighted by Gasteiger charge is -2.07. The van der Waals surface area contributed by atoms with Crippen LogP contribution in [0.25, 0.3) is 0 Å². The summed E-state index contributed by atoms with van der Waals surface area (Å²) in [6, 6.07) is 10.9. The van der Waals surface area contributed by atoms with Crippen LogP contribution in [0.2, 0.25) is 20.1 Å². The van der Waals surface area contributed by atoms with Crippen molar-refractivity contribution in [3.63, 3.8) is 0 Å². The lowest BCUT2D eigenvalue weighted by atomic mass is 9.64. The molecule has 0 nitrogen and oxygen atoms in total. The van der Waals surface area contributed by atoms with E-state index in [1.807, 2.05) is 31.5 Å². The largest absolute Gasteiger partial charge is 0.195 e. The van der Waals surface area contributed by atoms with Gasteiger partial charge in [0.25, 0.3) is 0 Å². The van der Waals surface area contributed by atoms with Crippen LogP contribution in [-0.2, 0) is 0 Å². The molecule has 0 fully saturated rings. The predicted molar refractivity (Wildman–Crippen MR) is 77.9 cm³/mol. The Labute approximate surface area is 121 Å². The van der Waals surface area contributed by atoms with E-state index in [4.69, 9.17) is 46.4 Å². The van der Waals surface area contributed by atoms with Crippen LogP contribution in [-0.4, -0.2) is 7.28 Å². The lowest BCUT2D eigenvalue weighted by molar-refractivity contribution is 1.74. The fourth-order valence-corrected chi connectivity index (χ4v) is 2.16. The molecule has 0 spiro atoms. The second-order valence-electron chi connectivity index (χ2n) is 3.43. The van der Waals surface area contributed by atoms with E-state index in [1.165, 1.54) is 0 Å². The summed E-state index contributed by atoms with van der Waals surface area (Å²) in [5, 5.41) is 2.03. The number of rotatable bonds is 2. The molecular formula is C12H6BCl4. The number of halogens is 4. The second kappa shape index (κ2) is 5.54. The van der Waals surface area contributed by atoms with Crippen molar-refractivity contribution < 1.29 is 0 Å². The van der Waals surface area contributed by atoms with Gasteiger partial charge >= 0.3 is 0 Å². The first-order chi connectivity index (χ1) is 8.09. The smallest absolute Gasteiger partial charge is 0.0833 e. The van der Waals surface area contributed by atoms with E-state index in [-0.39, 0.29) is 0 Å². The maximum absolute atomic E-state index is 6.10. The van der Waals surface area contributed by atoms with Gasteiger partial charge in [0.1, 0.15) is 0 Å². The summed E-state index contributed by atoms with van der Waals surface area (Å²) in [5.41, 5.74) is 1.62. The highest BCUT2D eigenvalue weighted by Gasteiger charge is 2.10. The summed E-state index contributed by atoms with van der Waals surface area (Å²) in [5.74, 6) is 0. The summed E-state index contributed by atoms with van der Waals surface area (Å²) in [6.45, 7) is 0.